The van der Waals surface area contributed by atoms with Crippen molar-refractivity contribution < 1.29 is 19.0 Å². The SMILES string of the molecule is COc1cc2c(cc1OC)CN(C(=O)COc1ccc(C)cc1)CC2. The number of hydrogen-bond donors (Lipinski definition) is 0. The van der Waals surface area contributed by atoms with Crippen molar-refractivity contribution in [3.05, 3.63) is 53.1 Å². The molecule has 5 heteroatoms. The minimum absolute atomic E-state index is 0.0130. The molecule has 2 aromatic rings. The van der Waals surface area contributed by atoms with Crippen LogP contribution in [0, 0.1) is 6.92 Å². The van der Waals surface area contributed by atoms with E-state index in [-0.39, 0.29) is 12.5 Å². The van der Waals surface area contributed by atoms with Gasteiger partial charge in [0, 0.05) is 13.1 Å². The summed E-state index contributed by atoms with van der Waals surface area (Å²) in [7, 11) is 3.25. The van der Waals surface area contributed by atoms with Crippen molar-refractivity contribution in [2.24, 2.45) is 0 Å². The van der Waals surface area contributed by atoms with Gasteiger partial charge >= 0.3 is 0 Å². The normalized spacial score (nSPS) is 13.2. The highest BCUT2D eigenvalue weighted by molar-refractivity contribution is 5.78. The second-order valence-corrected chi connectivity index (χ2v) is 6.14. The molecule has 0 atom stereocenters. The Kier molecular flexibility index (Phi) is 5.12. The van der Waals surface area contributed by atoms with Crippen LogP contribution in [-0.4, -0.2) is 38.2 Å². The fourth-order valence-electron chi connectivity index (χ4n) is 2.97. The van der Waals surface area contributed by atoms with Crippen molar-refractivity contribution in [3.63, 3.8) is 0 Å². The van der Waals surface area contributed by atoms with Gasteiger partial charge in [-0.2, -0.15) is 0 Å². The Labute approximate surface area is 148 Å². The summed E-state index contributed by atoms with van der Waals surface area (Å²) in [4.78, 5) is 14.3. The molecule has 3 rings (SSSR count). The van der Waals surface area contributed by atoms with E-state index in [1.165, 1.54) is 5.56 Å². The Morgan fingerprint density at radius 2 is 1.68 bits per heavy atom. The van der Waals surface area contributed by atoms with Crippen LogP contribution in [-0.2, 0) is 17.8 Å². The second kappa shape index (κ2) is 7.47. The standard InChI is InChI=1S/C20H23NO4/c1-14-4-6-17(7-5-14)25-13-20(22)21-9-8-15-10-18(23-2)19(24-3)11-16(15)12-21/h4-7,10-11H,8-9,12-13H2,1-3H3. The van der Waals surface area contributed by atoms with Crippen LogP contribution in [0.3, 0.4) is 0 Å². The number of ether oxygens (including phenoxy) is 3. The van der Waals surface area contributed by atoms with Gasteiger partial charge < -0.3 is 19.1 Å². The van der Waals surface area contributed by atoms with Gasteiger partial charge in [-0.15, -0.1) is 0 Å². The molecular weight excluding hydrogens is 318 g/mol. The third kappa shape index (κ3) is 3.87. The summed E-state index contributed by atoms with van der Waals surface area (Å²) in [6.45, 7) is 3.30. The first-order valence-electron chi connectivity index (χ1n) is 8.31. The molecule has 0 saturated heterocycles. The molecule has 2 aromatic carbocycles. The van der Waals surface area contributed by atoms with Gasteiger partial charge in [-0.3, -0.25) is 4.79 Å². The van der Waals surface area contributed by atoms with Crippen molar-refractivity contribution in [3.8, 4) is 17.2 Å². The topological polar surface area (TPSA) is 48.0 Å². The lowest BCUT2D eigenvalue weighted by Gasteiger charge is -2.29. The van der Waals surface area contributed by atoms with Crippen LogP contribution in [0.5, 0.6) is 17.2 Å². The quantitative estimate of drug-likeness (QED) is 0.839. The van der Waals surface area contributed by atoms with E-state index in [0.717, 1.165) is 23.3 Å². The van der Waals surface area contributed by atoms with E-state index in [9.17, 15) is 4.79 Å². The molecule has 1 amide bonds. The number of carbonyl (C=O) groups excluding carboxylic acids is 1. The van der Waals surface area contributed by atoms with E-state index >= 15 is 0 Å². The minimum atomic E-state index is -0.0130. The van der Waals surface area contributed by atoms with Gasteiger partial charge in [0.15, 0.2) is 18.1 Å². The molecule has 0 unspecified atom stereocenters. The van der Waals surface area contributed by atoms with E-state index in [1.807, 2.05) is 48.2 Å². The number of hydrogen-bond acceptors (Lipinski definition) is 4. The van der Waals surface area contributed by atoms with Gasteiger partial charge in [0.05, 0.1) is 14.2 Å². The highest BCUT2D eigenvalue weighted by Gasteiger charge is 2.23. The lowest BCUT2D eigenvalue weighted by molar-refractivity contribution is -0.134. The van der Waals surface area contributed by atoms with E-state index in [2.05, 4.69) is 0 Å². The summed E-state index contributed by atoms with van der Waals surface area (Å²) in [6, 6.07) is 11.6. The lowest BCUT2D eigenvalue weighted by atomic mass is 9.99. The third-order valence-corrected chi connectivity index (χ3v) is 4.45. The van der Waals surface area contributed by atoms with Crippen LogP contribution in [0.4, 0.5) is 0 Å². The summed E-state index contributed by atoms with van der Waals surface area (Å²) < 4.78 is 16.3. The number of aryl methyl sites for hydroxylation is 1. The summed E-state index contributed by atoms with van der Waals surface area (Å²) in [5.74, 6) is 2.11. The number of nitrogens with zero attached hydrogens (tertiary/aromatic N) is 1. The van der Waals surface area contributed by atoms with Crippen molar-refractivity contribution >= 4 is 5.91 Å². The monoisotopic (exact) mass is 341 g/mol. The highest BCUT2D eigenvalue weighted by atomic mass is 16.5. The van der Waals surface area contributed by atoms with Gasteiger partial charge in [-0.05, 0) is 48.7 Å². The van der Waals surface area contributed by atoms with Crippen LogP contribution in [0.15, 0.2) is 36.4 Å². The zero-order valence-electron chi connectivity index (χ0n) is 14.9. The molecule has 0 radical (unpaired) electrons. The number of fused-ring (bicyclic) bond motifs is 1. The largest absolute Gasteiger partial charge is 0.493 e. The zero-order valence-corrected chi connectivity index (χ0v) is 14.9. The molecule has 0 spiro atoms. The van der Waals surface area contributed by atoms with Crippen LogP contribution in [0.2, 0.25) is 0 Å². The molecular formula is C20H23NO4. The van der Waals surface area contributed by atoms with Crippen LogP contribution < -0.4 is 14.2 Å². The molecule has 0 fully saturated rings. The molecule has 0 bridgehead atoms. The Morgan fingerprint density at radius 3 is 2.32 bits per heavy atom. The summed E-state index contributed by atoms with van der Waals surface area (Å²) in [6.07, 6.45) is 0.798. The van der Waals surface area contributed by atoms with Crippen molar-refractivity contribution in [2.75, 3.05) is 27.4 Å². The van der Waals surface area contributed by atoms with Gasteiger partial charge in [0.25, 0.3) is 5.91 Å². The average molecular weight is 341 g/mol. The van der Waals surface area contributed by atoms with Gasteiger partial charge in [-0.1, -0.05) is 17.7 Å². The van der Waals surface area contributed by atoms with E-state index in [0.29, 0.717) is 24.6 Å². The predicted molar refractivity (Wildman–Crippen MR) is 95.3 cm³/mol. The maximum absolute atomic E-state index is 12.5. The fraction of sp³-hybridized carbons (Fsp3) is 0.350. The first kappa shape index (κ1) is 17.1. The van der Waals surface area contributed by atoms with Gasteiger partial charge in [0.2, 0.25) is 0 Å². The predicted octanol–water partition coefficient (Wildman–Crippen LogP) is 2.98. The molecule has 132 valence electrons. The number of methoxy groups -OCH3 is 2. The minimum Gasteiger partial charge on any atom is -0.493 e. The lowest BCUT2D eigenvalue weighted by Crippen LogP contribution is -2.38. The Morgan fingerprint density at radius 1 is 1.04 bits per heavy atom. The smallest absolute Gasteiger partial charge is 0.260 e. The molecule has 0 aliphatic carbocycles. The molecule has 25 heavy (non-hydrogen) atoms. The first-order valence-corrected chi connectivity index (χ1v) is 8.31. The van der Waals surface area contributed by atoms with Gasteiger partial charge in [-0.25, -0.2) is 0 Å². The molecule has 0 aromatic heterocycles. The molecule has 1 aliphatic rings. The number of rotatable bonds is 5. The van der Waals surface area contributed by atoms with Crippen molar-refractivity contribution in [1.82, 2.24) is 4.90 Å². The molecule has 0 saturated carbocycles. The Balaban J connectivity index is 1.65. The van der Waals surface area contributed by atoms with Crippen molar-refractivity contribution in [2.45, 2.75) is 19.9 Å². The summed E-state index contributed by atoms with van der Waals surface area (Å²) >= 11 is 0. The number of benzene rings is 2. The Hall–Kier alpha value is -2.69. The van der Waals surface area contributed by atoms with Crippen LogP contribution in [0.1, 0.15) is 16.7 Å². The second-order valence-electron chi connectivity index (χ2n) is 6.14. The maximum atomic E-state index is 12.5. The fourth-order valence-corrected chi connectivity index (χ4v) is 2.97. The molecule has 0 N–H and O–H groups in total. The van der Waals surface area contributed by atoms with Crippen LogP contribution >= 0.6 is 0 Å². The van der Waals surface area contributed by atoms with E-state index < -0.39 is 0 Å². The zero-order chi connectivity index (χ0) is 17.8. The number of carbonyl (C=O) groups is 1. The summed E-state index contributed by atoms with van der Waals surface area (Å²) in [5, 5.41) is 0. The third-order valence-electron chi connectivity index (χ3n) is 4.45. The van der Waals surface area contributed by atoms with Gasteiger partial charge in [0.1, 0.15) is 5.75 Å². The van der Waals surface area contributed by atoms with E-state index in [4.69, 9.17) is 14.2 Å². The van der Waals surface area contributed by atoms with Crippen molar-refractivity contribution in [1.29, 1.82) is 0 Å². The summed E-state index contributed by atoms with van der Waals surface area (Å²) in [5.41, 5.74) is 3.45. The average Bonchev–Trinajstić information content (AvgIpc) is 2.65. The number of amides is 1. The molecule has 1 aliphatic heterocycles. The highest BCUT2D eigenvalue weighted by Crippen LogP contribution is 2.33. The van der Waals surface area contributed by atoms with Crippen LogP contribution in [0.25, 0.3) is 0 Å². The first-order chi connectivity index (χ1) is 12.1. The molecule has 5 nitrogen and oxygen atoms in total. The maximum Gasteiger partial charge on any atom is 0.260 e. The van der Waals surface area contributed by atoms with E-state index in [1.54, 1.807) is 14.2 Å². The Bertz CT molecular complexity index is 755. The molecule has 1 heterocycles.